The molecule has 1 saturated heterocycles. The molecule has 1 fully saturated rings. The predicted molar refractivity (Wildman–Crippen MR) is 81.9 cm³/mol. The summed E-state index contributed by atoms with van der Waals surface area (Å²) in [5, 5.41) is 20.3. The van der Waals surface area contributed by atoms with Gasteiger partial charge in [0.1, 0.15) is 5.52 Å². The van der Waals surface area contributed by atoms with Crippen LogP contribution in [0.5, 0.6) is 0 Å². The molecular weight excluding hydrogens is 340 g/mol. The summed E-state index contributed by atoms with van der Waals surface area (Å²) in [5.74, 6) is -1.67. The average molecular weight is 352 g/mol. The molecule has 0 radical (unpaired) electrons. The van der Waals surface area contributed by atoms with Gasteiger partial charge in [0.15, 0.2) is 11.6 Å². The number of non-ortho nitro benzene ring substituents is 1. The van der Waals surface area contributed by atoms with Gasteiger partial charge in [0.05, 0.1) is 29.3 Å². The van der Waals surface area contributed by atoms with Gasteiger partial charge in [0.25, 0.3) is 11.6 Å². The molecule has 0 saturated carbocycles. The van der Waals surface area contributed by atoms with Gasteiger partial charge in [-0.15, -0.1) is 0 Å². The molecule has 2 atom stereocenters. The van der Waals surface area contributed by atoms with E-state index in [0.29, 0.717) is 0 Å². The lowest BCUT2D eigenvalue weighted by Crippen LogP contribution is -2.51. The highest BCUT2D eigenvalue weighted by Gasteiger charge is 2.33. The molecule has 24 heavy (non-hydrogen) atoms. The van der Waals surface area contributed by atoms with Crippen LogP contribution in [0.2, 0.25) is 0 Å². The first kappa shape index (κ1) is 16.2. The van der Waals surface area contributed by atoms with Crippen LogP contribution in [-0.2, 0) is 9.53 Å². The molecule has 3 rings (SSSR count). The number of benzene rings is 1. The van der Waals surface area contributed by atoms with Gasteiger partial charge in [-0.1, -0.05) is 0 Å². The smallest absolute Gasteiger partial charge is 0.334 e. The lowest BCUT2D eigenvalue weighted by molar-refractivity contribution is -0.383. The number of nitro groups is 1. The Morgan fingerprint density at radius 2 is 2.17 bits per heavy atom. The van der Waals surface area contributed by atoms with Crippen LogP contribution in [0, 0.1) is 10.1 Å². The number of fused-ring (bicyclic) bond motifs is 1. The number of ether oxygens (including phenoxy) is 1. The molecule has 0 spiro atoms. The minimum Gasteiger partial charge on any atom is -0.479 e. The van der Waals surface area contributed by atoms with Crippen LogP contribution in [0.15, 0.2) is 12.1 Å². The van der Waals surface area contributed by atoms with Crippen molar-refractivity contribution in [3.63, 3.8) is 0 Å². The minimum atomic E-state index is -1.16. The second-order valence-electron chi connectivity index (χ2n) is 5.37. The Kier molecular flexibility index (Phi) is 4.11. The van der Waals surface area contributed by atoms with Gasteiger partial charge in [-0.25, -0.2) is 4.79 Å². The first-order valence-corrected chi connectivity index (χ1v) is 7.68. The second kappa shape index (κ2) is 6.09. The van der Waals surface area contributed by atoms with E-state index in [4.69, 9.17) is 9.84 Å². The number of hydrogen-bond donors (Lipinski definition) is 1. The summed E-state index contributed by atoms with van der Waals surface area (Å²) in [5.41, 5.74) is 0.148. The maximum atomic E-state index is 12.7. The van der Waals surface area contributed by atoms with Gasteiger partial charge in [-0.2, -0.15) is 8.75 Å². The Morgan fingerprint density at radius 1 is 1.42 bits per heavy atom. The van der Waals surface area contributed by atoms with Crippen molar-refractivity contribution in [3.8, 4) is 0 Å². The SMILES string of the molecule is C[C@@H]1CN(C(=O)c2cc([N+](=O)[O-])c3nsnc3c2)CC(C(=O)O)O1. The van der Waals surface area contributed by atoms with Crippen LogP contribution in [0.1, 0.15) is 17.3 Å². The number of hydrogen-bond acceptors (Lipinski definition) is 8. The zero-order valence-corrected chi connectivity index (χ0v) is 13.2. The third-order valence-corrected chi connectivity index (χ3v) is 4.15. The molecule has 11 heteroatoms. The number of amides is 1. The molecule has 1 N–H and O–H groups in total. The van der Waals surface area contributed by atoms with Crippen LogP contribution in [0.3, 0.4) is 0 Å². The van der Waals surface area contributed by atoms with Crippen molar-refractivity contribution in [1.82, 2.24) is 13.6 Å². The topological polar surface area (TPSA) is 136 Å². The Labute approximate surface area is 139 Å². The maximum absolute atomic E-state index is 12.7. The molecule has 126 valence electrons. The van der Waals surface area contributed by atoms with Crippen molar-refractivity contribution in [2.75, 3.05) is 13.1 Å². The van der Waals surface area contributed by atoms with Crippen LogP contribution >= 0.6 is 11.7 Å². The van der Waals surface area contributed by atoms with E-state index in [1.807, 2.05) is 0 Å². The number of nitro benzene ring substituents is 1. The normalized spacial score (nSPS) is 21.0. The Bertz CT molecular complexity index is 837. The van der Waals surface area contributed by atoms with Crippen molar-refractivity contribution in [2.24, 2.45) is 0 Å². The Balaban J connectivity index is 1.96. The quantitative estimate of drug-likeness (QED) is 0.636. The van der Waals surface area contributed by atoms with Crippen LogP contribution in [0.4, 0.5) is 5.69 Å². The van der Waals surface area contributed by atoms with Crippen molar-refractivity contribution >= 4 is 40.3 Å². The molecule has 1 unspecified atom stereocenters. The summed E-state index contributed by atoms with van der Waals surface area (Å²) in [7, 11) is 0. The summed E-state index contributed by atoms with van der Waals surface area (Å²) < 4.78 is 13.1. The van der Waals surface area contributed by atoms with E-state index in [1.54, 1.807) is 6.92 Å². The molecular formula is C13H12N4O6S. The first-order chi connectivity index (χ1) is 11.4. The van der Waals surface area contributed by atoms with Crippen molar-refractivity contribution in [3.05, 3.63) is 27.8 Å². The van der Waals surface area contributed by atoms with Crippen LogP contribution in [0.25, 0.3) is 11.0 Å². The number of rotatable bonds is 3. The van der Waals surface area contributed by atoms with E-state index in [0.717, 1.165) is 17.8 Å². The van der Waals surface area contributed by atoms with Crippen LogP contribution in [-0.4, -0.2) is 60.9 Å². The van der Waals surface area contributed by atoms with Gasteiger partial charge in [-0.3, -0.25) is 14.9 Å². The lowest BCUT2D eigenvalue weighted by atomic mass is 10.1. The second-order valence-corrected chi connectivity index (χ2v) is 5.90. The van der Waals surface area contributed by atoms with Crippen molar-refractivity contribution < 1.29 is 24.4 Å². The van der Waals surface area contributed by atoms with Gasteiger partial charge >= 0.3 is 5.97 Å². The molecule has 1 aliphatic heterocycles. The molecule has 1 aromatic carbocycles. The zero-order valence-electron chi connectivity index (χ0n) is 12.4. The maximum Gasteiger partial charge on any atom is 0.334 e. The largest absolute Gasteiger partial charge is 0.479 e. The molecule has 1 aliphatic rings. The van der Waals surface area contributed by atoms with Crippen molar-refractivity contribution in [1.29, 1.82) is 0 Å². The number of carbonyl (C=O) groups is 2. The van der Waals surface area contributed by atoms with E-state index in [-0.39, 0.29) is 35.4 Å². The van der Waals surface area contributed by atoms with Crippen LogP contribution < -0.4 is 0 Å². The number of carbonyl (C=O) groups excluding carboxylic acids is 1. The highest BCUT2D eigenvalue weighted by Crippen LogP contribution is 2.27. The van der Waals surface area contributed by atoms with E-state index in [2.05, 4.69) is 8.75 Å². The van der Waals surface area contributed by atoms with E-state index in [9.17, 15) is 19.7 Å². The monoisotopic (exact) mass is 352 g/mol. The molecule has 2 aromatic rings. The fraction of sp³-hybridized carbons (Fsp3) is 0.385. The lowest BCUT2D eigenvalue weighted by Gasteiger charge is -2.34. The summed E-state index contributed by atoms with van der Waals surface area (Å²) in [6, 6.07) is 2.56. The molecule has 0 aliphatic carbocycles. The number of nitrogens with zero attached hydrogens (tertiary/aromatic N) is 4. The molecule has 10 nitrogen and oxygen atoms in total. The summed E-state index contributed by atoms with van der Waals surface area (Å²) in [6.45, 7) is 1.73. The fourth-order valence-corrected chi connectivity index (χ4v) is 3.11. The number of carboxylic acid groups (broad SMARTS) is 1. The average Bonchev–Trinajstić information content (AvgIpc) is 3.00. The minimum absolute atomic E-state index is 0.0696. The Hall–Kier alpha value is -2.66. The fourth-order valence-electron chi connectivity index (χ4n) is 2.57. The number of carboxylic acids is 1. The number of aliphatic carboxylic acids is 1. The first-order valence-electron chi connectivity index (χ1n) is 6.95. The van der Waals surface area contributed by atoms with Gasteiger partial charge in [-0.05, 0) is 13.0 Å². The molecule has 0 bridgehead atoms. The van der Waals surface area contributed by atoms with Gasteiger partial charge in [0, 0.05) is 18.2 Å². The predicted octanol–water partition coefficient (Wildman–Crippen LogP) is 0.914. The van der Waals surface area contributed by atoms with E-state index >= 15 is 0 Å². The third kappa shape index (κ3) is 2.90. The summed E-state index contributed by atoms with van der Waals surface area (Å²) in [4.78, 5) is 35.7. The van der Waals surface area contributed by atoms with Gasteiger partial charge in [0.2, 0.25) is 0 Å². The number of aromatic nitrogens is 2. The highest BCUT2D eigenvalue weighted by atomic mass is 32.1. The number of morpholine rings is 1. The summed E-state index contributed by atoms with van der Waals surface area (Å²) in [6.07, 6.45) is -1.58. The summed E-state index contributed by atoms with van der Waals surface area (Å²) >= 11 is 0.818. The molecule has 1 aromatic heterocycles. The third-order valence-electron chi connectivity index (χ3n) is 3.61. The van der Waals surface area contributed by atoms with E-state index in [1.165, 1.54) is 11.0 Å². The zero-order chi connectivity index (χ0) is 17.4. The van der Waals surface area contributed by atoms with Crippen molar-refractivity contribution in [2.45, 2.75) is 19.1 Å². The van der Waals surface area contributed by atoms with Gasteiger partial charge < -0.3 is 14.7 Å². The van der Waals surface area contributed by atoms with E-state index < -0.39 is 29.0 Å². The Morgan fingerprint density at radius 3 is 2.83 bits per heavy atom. The standard InChI is InChI=1S/C13H12N4O6S/c1-6-4-16(5-10(23-6)13(19)20)12(18)7-2-8-11(15-24-14-8)9(3-7)17(21)22/h2-3,6,10H,4-5H2,1H3,(H,19,20)/t6-,10?/m1/s1. The molecule has 2 heterocycles. The highest BCUT2D eigenvalue weighted by molar-refractivity contribution is 7.00. The molecule has 1 amide bonds.